The third kappa shape index (κ3) is 4.36. The van der Waals surface area contributed by atoms with Gasteiger partial charge in [-0.1, -0.05) is 26.0 Å². The lowest BCUT2D eigenvalue weighted by molar-refractivity contribution is -0.121. The van der Waals surface area contributed by atoms with Crippen LogP contribution < -0.4 is 5.32 Å². The number of aryl methyl sites for hydroxylation is 1. The molecular formula is C15H19FN2O. The zero-order valence-electron chi connectivity index (χ0n) is 11.6. The van der Waals surface area contributed by atoms with Crippen LogP contribution in [0, 0.1) is 24.1 Å². The van der Waals surface area contributed by atoms with Gasteiger partial charge in [-0.05, 0) is 24.1 Å². The Morgan fingerprint density at radius 3 is 2.74 bits per heavy atom. The maximum atomic E-state index is 13.2. The molecule has 0 aromatic heterocycles. The second kappa shape index (κ2) is 6.33. The highest BCUT2D eigenvalue weighted by Gasteiger charge is 2.22. The summed E-state index contributed by atoms with van der Waals surface area (Å²) in [5.74, 6) is -0.355. The summed E-state index contributed by atoms with van der Waals surface area (Å²) in [7, 11) is 0. The van der Waals surface area contributed by atoms with E-state index in [-0.39, 0.29) is 30.0 Å². The fraction of sp³-hybridized carbons (Fsp3) is 0.467. The van der Waals surface area contributed by atoms with E-state index in [4.69, 9.17) is 5.26 Å². The number of nitrogens with one attached hydrogen (secondary N) is 1. The molecule has 1 rings (SSSR count). The molecule has 0 radical (unpaired) electrons. The number of carbonyl (C=O) groups is 1. The Morgan fingerprint density at radius 1 is 1.47 bits per heavy atom. The van der Waals surface area contributed by atoms with Crippen molar-refractivity contribution >= 4 is 5.91 Å². The summed E-state index contributed by atoms with van der Waals surface area (Å²) in [5.41, 5.74) is 1.30. The molecule has 0 saturated heterocycles. The largest absolute Gasteiger partial charge is 0.355 e. The molecule has 0 atom stereocenters. The Kier molecular flexibility index (Phi) is 5.05. The van der Waals surface area contributed by atoms with E-state index in [0.717, 1.165) is 5.56 Å². The normalized spacial score (nSPS) is 10.9. The molecule has 0 spiro atoms. The molecule has 1 amide bonds. The van der Waals surface area contributed by atoms with Crippen LogP contribution in [0.1, 0.15) is 37.8 Å². The van der Waals surface area contributed by atoms with Gasteiger partial charge < -0.3 is 5.32 Å². The number of rotatable bonds is 5. The number of halogens is 1. The minimum Gasteiger partial charge on any atom is -0.355 e. The van der Waals surface area contributed by atoms with Crippen LogP contribution in [0.15, 0.2) is 18.2 Å². The van der Waals surface area contributed by atoms with Gasteiger partial charge in [0, 0.05) is 24.8 Å². The number of nitrogens with zero attached hydrogens (tertiary/aromatic N) is 1. The molecule has 0 aliphatic rings. The van der Waals surface area contributed by atoms with Crippen LogP contribution in [-0.2, 0) is 10.2 Å². The van der Waals surface area contributed by atoms with E-state index in [1.807, 2.05) is 19.9 Å². The molecule has 0 saturated carbocycles. The number of carbonyl (C=O) groups excluding carboxylic acids is 1. The highest BCUT2D eigenvalue weighted by atomic mass is 19.1. The van der Waals surface area contributed by atoms with Crippen LogP contribution >= 0.6 is 0 Å². The molecule has 102 valence electrons. The molecule has 0 fully saturated rings. The van der Waals surface area contributed by atoms with Crippen molar-refractivity contribution in [3.63, 3.8) is 0 Å². The number of benzene rings is 1. The fourth-order valence-corrected chi connectivity index (χ4v) is 1.75. The van der Waals surface area contributed by atoms with Crippen molar-refractivity contribution < 1.29 is 9.18 Å². The molecular weight excluding hydrogens is 243 g/mol. The summed E-state index contributed by atoms with van der Waals surface area (Å²) >= 11 is 0. The average Bonchev–Trinajstić information content (AvgIpc) is 2.37. The third-order valence-electron chi connectivity index (χ3n) is 3.13. The Balaban J connectivity index is 2.67. The third-order valence-corrected chi connectivity index (χ3v) is 3.13. The summed E-state index contributed by atoms with van der Waals surface area (Å²) in [6.45, 7) is 6.16. The molecule has 0 bridgehead atoms. The minimum atomic E-state index is -0.277. The molecule has 0 aliphatic heterocycles. The molecule has 1 N–H and O–H groups in total. The Bertz CT molecular complexity index is 503. The lowest BCUT2D eigenvalue weighted by Crippen LogP contribution is -2.36. The molecule has 0 unspecified atom stereocenters. The Labute approximate surface area is 113 Å². The zero-order valence-corrected chi connectivity index (χ0v) is 11.6. The van der Waals surface area contributed by atoms with E-state index in [9.17, 15) is 9.18 Å². The van der Waals surface area contributed by atoms with Crippen LogP contribution in [0.25, 0.3) is 0 Å². The first-order chi connectivity index (χ1) is 8.86. The lowest BCUT2D eigenvalue weighted by atomic mass is 9.84. The van der Waals surface area contributed by atoms with Gasteiger partial charge in [0.15, 0.2) is 0 Å². The van der Waals surface area contributed by atoms with Gasteiger partial charge in [0.25, 0.3) is 0 Å². The first-order valence-corrected chi connectivity index (χ1v) is 6.27. The SMILES string of the molecule is Cc1cc(C(C)(C)CNC(=O)CCC#N)ccc1F. The molecule has 0 heterocycles. The average molecular weight is 262 g/mol. The predicted octanol–water partition coefficient (Wildman–Crippen LogP) is 2.83. The van der Waals surface area contributed by atoms with Crippen molar-refractivity contribution in [2.75, 3.05) is 6.54 Å². The van der Waals surface area contributed by atoms with Gasteiger partial charge in [0.1, 0.15) is 5.82 Å². The van der Waals surface area contributed by atoms with Crippen LogP contribution in [0.5, 0.6) is 0 Å². The molecule has 3 nitrogen and oxygen atoms in total. The van der Waals surface area contributed by atoms with Gasteiger partial charge in [0.2, 0.25) is 5.91 Å². The van der Waals surface area contributed by atoms with E-state index in [1.54, 1.807) is 19.1 Å². The Morgan fingerprint density at radius 2 is 2.16 bits per heavy atom. The molecule has 4 heteroatoms. The second-order valence-electron chi connectivity index (χ2n) is 5.28. The topological polar surface area (TPSA) is 52.9 Å². The first-order valence-electron chi connectivity index (χ1n) is 6.27. The highest BCUT2D eigenvalue weighted by Crippen LogP contribution is 2.24. The summed E-state index contributed by atoms with van der Waals surface area (Å²) in [6.07, 6.45) is 0.441. The number of hydrogen-bond acceptors (Lipinski definition) is 2. The van der Waals surface area contributed by atoms with Gasteiger partial charge >= 0.3 is 0 Å². The van der Waals surface area contributed by atoms with Crippen LogP contribution in [0.3, 0.4) is 0 Å². The van der Waals surface area contributed by atoms with Crippen molar-refractivity contribution in [3.05, 3.63) is 35.1 Å². The molecule has 1 aromatic carbocycles. The smallest absolute Gasteiger partial charge is 0.221 e. The standard InChI is InChI=1S/C15H19FN2O/c1-11-9-12(6-7-13(11)16)15(2,3)10-18-14(19)5-4-8-17/h6-7,9H,4-5,10H2,1-3H3,(H,18,19). The first kappa shape index (κ1) is 15.2. The molecule has 0 aliphatic carbocycles. The summed E-state index contributed by atoms with van der Waals surface area (Å²) in [5, 5.41) is 11.2. The predicted molar refractivity (Wildman–Crippen MR) is 72.0 cm³/mol. The lowest BCUT2D eigenvalue weighted by Gasteiger charge is -2.26. The number of amides is 1. The number of nitriles is 1. The maximum Gasteiger partial charge on any atom is 0.221 e. The van der Waals surface area contributed by atoms with Crippen molar-refractivity contribution in [1.29, 1.82) is 5.26 Å². The van der Waals surface area contributed by atoms with Crippen molar-refractivity contribution in [3.8, 4) is 6.07 Å². The second-order valence-corrected chi connectivity index (χ2v) is 5.28. The molecule has 1 aromatic rings. The van der Waals surface area contributed by atoms with Crippen molar-refractivity contribution in [2.45, 2.75) is 39.0 Å². The molecule has 19 heavy (non-hydrogen) atoms. The maximum absolute atomic E-state index is 13.2. The van der Waals surface area contributed by atoms with E-state index >= 15 is 0 Å². The fourth-order valence-electron chi connectivity index (χ4n) is 1.75. The van der Waals surface area contributed by atoms with Crippen LogP contribution in [0.4, 0.5) is 4.39 Å². The van der Waals surface area contributed by atoms with E-state index < -0.39 is 0 Å². The van der Waals surface area contributed by atoms with Crippen molar-refractivity contribution in [1.82, 2.24) is 5.32 Å². The number of hydrogen-bond donors (Lipinski definition) is 1. The van der Waals surface area contributed by atoms with E-state index in [1.165, 1.54) is 6.07 Å². The quantitative estimate of drug-likeness (QED) is 0.887. The highest BCUT2D eigenvalue weighted by molar-refractivity contribution is 5.76. The van der Waals surface area contributed by atoms with Crippen molar-refractivity contribution in [2.24, 2.45) is 0 Å². The van der Waals surface area contributed by atoms with Gasteiger partial charge in [-0.3, -0.25) is 4.79 Å². The van der Waals surface area contributed by atoms with E-state index in [0.29, 0.717) is 12.1 Å². The van der Waals surface area contributed by atoms with Gasteiger partial charge in [-0.15, -0.1) is 0 Å². The minimum absolute atomic E-state index is 0.131. The zero-order chi connectivity index (χ0) is 14.5. The van der Waals surface area contributed by atoms with Crippen LogP contribution in [0.2, 0.25) is 0 Å². The summed E-state index contributed by atoms with van der Waals surface area (Å²) in [6, 6.07) is 6.93. The van der Waals surface area contributed by atoms with E-state index in [2.05, 4.69) is 5.32 Å². The van der Waals surface area contributed by atoms with Gasteiger partial charge in [-0.2, -0.15) is 5.26 Å². The van der Waals surface area contributed by atoms with Gasteiger partial charge in [-0.25, -0.2) is 4.39 Å². The Hall–Kier alpha value is -1.89. The van der Waals surface area contributed by atoms with Crippen LogP contribution in [-0.4, -0.2) is 12.5 Å². The summed E-state index contributed by atoms with van der Waals surface area (Å²) in [4.78, 5) is 11.5. The monoisotopic (exact) mass is 262 g/mol. The summed E-state index contributed by atoms with van der Waals surface area (Å²) < 4.78 is 13.2. The van der Waals surface area contributed by atoms with Gasteiger partial charge in [0.05, 0.1) is 6.07 Å².